The van der Waals surface area contributed by atoms with Crippen LogP contribution in [0.5, 0.6) is 11.5 Å². The second-order valence-corrected chi connectivity index (χ2v) is 13.1. The van der Waals surface area contributed by atoms with Crippen LogP contribution in [0.15, 0.2) is 70.0 Å². The SMILES string of the molecule is CCCCNC(=O)[C@@H](C)N(Cc1cccc(Br)c1)C(=O)CN(c1cc(C)cc(C)c1)S(=O)(=O)c1ccc(OC)c(OC)c1. The van der Waals surface area contributed by atoms with Crippen LogP contribution in [0.25, 0.3) is 0 Å². The van der Waals surface area contributed by atoms with E-state index in [0.29, 0.717) is 18.0 Å². The molecule has 0 heterocycles. The zero-order chi connectivity index (χ0) is 31.7. The van der Waals surface area contributed by atoms with E-state index in [9.17, 15) is 18.0 Å². The maximum absolute atomic E-state index is 14.2. The predicted molar refractivity (Wildman–Crippen MR) is 172 cm³/mol. The monoisotopic (exact) mass is 673 g/mol. The van der Waals surface area contributed by atoms with Gasteiger partial charge in [-0.15, -0.1) is 0 Å². The minimum absolute atomic E-state index is 0.0685. The van der Waals surface area contributed by atoms with Gasteiger partial charge in [0.05, 0.1) is 24.8 Å². The van der Waals surface area contributed by atoms with E-state index in [1.165, 1.54) is 37.3 Å². The number of carbonyl (C=O) groups excluding carboxylic acids is 2. The van der Waals surface area contributed by atoms with Crippen LogP contribution in [0, 0.1) is 13.8 Å². The zero-order valence-electron chi connectivity index (χ0n) is 25.5. The third kappa shape index (κ3) is 8.73. The number of nitrogens with zero attached hydrogens (tertiary/aromatic N) is 2. The molecule has 1 atom stereocenters. The fourth-order valence-corrected chi connectivity index (χ4v) is 6.54. The van der Waals surface area contributed by atoms with E-state index in [2.05, 4.69) is 21.2 Å². The first kappa shape index (κ1) is 33.9. The maximum atomic E-state index is 14.2. The molecular weight excluding hydrogens is 634 g/mol. The Morgan fingerprint density at radius 2 is 1.63 bits per heavy atom. The summed E-state index contributed by atoms with van der Waals surface area (Å²) in [4.78, 5) is 28.6. The smallest absolute Gasteiger partial charge is 0.264 e. The summed E-state index contributed by atoms with van der Waals surface area (Å²) in [6, 6.07) is 16.2. The van der Waals surface area contributed by atoms with E-state index < -0.39 is 28.5 Å². The molecule has 43 heavy (non-hydrogen) atoms. The molecule has 0 aromatic heterocycles. The van der Waals surface area contributed by atoms with Crippen LogP contribution >= 0.6 is 15.9 Å². The number of anilines is 1. The Balaban J connectivity index is 2.08. The van der Waals surface area contributed by atoms with E-state index in [1.807, 2.05) is 51.1 Å². The largest absolute Gasteiger partial charge is 0.493 e. The van der Waals surface area contributed by atoms with Crippen molar-refractivity contribution in [2.45, 2.75) is 58.0 Å². The molecule has 0 fully saturated rings. The molecule has 0 bridgehead atoms. The lowest BCUT2D eigenvalue weighted by atomic mass is 10.1. The highest BCUT2D eigenvalue weighted by Gasteiger charge is 2.33. The van der Waals surface area contributed by atoms with E-state index in [4.69, 9.17) is 9.47 Å². The standard InChI is InChI=1S/C32H40BrN3O6S/c1-7-8-14-34-32(38)24(4)35(20-25-10-9-11-26(33)18-25)31(37)21-36(27-16-22(2)15-23(3)17-27)43(39,40)28-12-13-29(41-5)30(19-28)42-6/h9-13,15-19,24H,7-8,14,20-21H2,1-6H3,(H,34,38)/t24-/m1/s1. The topological polar surface area (TPSA) is 105 Å². The highest BCUT2D eigenvalue weighted by molar-refractivity contribution is 9.10. The van der Waals surface area contributed by atoms with Crippen LogP contribution < -0.4 is 19.1 Å². The summed E-state index contributed by atoms with van der Waals surface area (Å²) in [5, 5.41) is 2.90. The average Bonchev–Trinajstić information content (AvgIpc) is 2.97. The van der Waals surface area contributed by atoms with Crippen molar-refractivity contribution in [1.29, 1.82) is 0 Å². The van der Waals surface area contributed by atoms with Gasteiger partial charge in [0.2, 0.25) is 11.8 Å². The molecule has 0 saturated heterocycles. The lowest BCUT2D eigenvalue weighted by molar-refractivity contribution is -0.139. The van der Waals surface area contributed by atoms with Crippen molar-refractivity contribution in [1.82, 2.24) is 10.2 Å². The Bertz CT molecular complexity index is 1530. The molecule has 0 radical (unpaired) electrons. The minimum Gasteiger partial charge on any atom is -0.493 e. The van der Waals surface area contributed by atoms with Crippen LogP contribution in [0.2, 0.25) is 0 Å². The molecule has 0 aliphatic rings. The first-order valence-electron chi connectivity index (χ1n) is 14.1. The lowest BCUT2D eigenvalue weighted by Gasteiger charge is -2.32. The van der Waals surface area contributed by atoms with Crippen molar-refractivity contribution in [3.05, 3.63) is 81.8 Å². The summed E-state index contributed by atoms with van der Waals surface area (Å²) in [5.74, 6) is -0.221. The van der Waals surface area contributed by atoms with Crippen molar-refractivity contribution >= 4 is 43.5 Å². The van der Waals surface area contributed by atoms with Crippen molar-refractivity contribution < 1.29 is 27.5 Å². The molecule has 3 aromatic carbocycles. The summed E-state index contributed by atoms with van der Waals surface area (Å²) in [6.45, 7) is 7.47. The van der Waals surface area contributed by atoms with Gasteiger partial charge < -0.3 is 19.7 Å². The van der Waals surface area contributed by atoms with Crippen LogP contribution in [0.4, 0.5) is 5.69 Å². The van der Waals surface area contributed by atoms with Gasteiger partial charge in [-0.05, 0) is 80.3 Å². The molecule has 3 aromatic rings. The number of sulfonamides is 1. The van der Waals surface area contributed by atoms with Crippen LogP contribution in [-0.4, -0.2) is 58.5 Å². The summed E-state index contributed by atoms with van der Waals surface area (Å²) >= 11 is 3.47. The Morgan fingerprint density at radius 1 is 0.953 bits per heavy atom. The molecule has 0 aliphatic heterocycles. The molecule has 0 unspecified atom stereocenters. The molecule has 0 saturated carbocycles. The minimum atomic E-state index is -4.27. The van der Waals surface area contributed by atoms with E-state index in [0.717, 1.165) is 38.3 Å². The van der Waals surface area contributed by atoms with E-state index in [1.54, 1.807) is 19.1 Å². The fourth-order valence-electron chi connectivity index (χ4n) is 4.68. The van der Waals surface area contributed by atoms with Gasteiger partial charge >= 0.3 is 0 Å². The summed E-state index contributed by atoms with van der Waals surface area (Å²) in [6.07, 6.45) is 1.72. The number of hydrogen-bond donors (Lipinski definition) is 1. The van der Waals surface area contributed by atoms with Crippen molar-refractivity contribution in [2.75, 3.05) is 31.6 Å². The normalized spacial score (nSPS) is 11.9. The molecule has 0 spiro atoms. The van der Waals surface area contributed by atoms with Gasteiger partial charge in [-0.1, -0.05) is 47.5 Å². The number of methoxy groups -OCH3 is 2. The summed E-state index contributed by atoms with van der Waals surface area (Å²) in [5.41, 5.74) is 2.80. The molecule has 0 aliphatic carbocycles. The Kier molecular flexibility index (Phi) is 12.0. The van der Waals surface area contributed by atoms with Crippen LogP contribution in [0.1, 0.15) is 43.4 Å². The fraction of sp³-hybridized carbons (Fsp3) is 0.375. The third-order valence-electron chi connectivity index (χ3n) is 6.96. The number of benzene rings is 3. The summed E-state index contributed by atoms with van der Waals surface area (Å²) < 4.78 is 41.0. The number of hydrogen-bond acceptors (Lipinski definition) is 6. The predicted octanol–water partition coefficient (Wildman–Crippen LogP) is 5.61. The quantitative estimate of drug-likeness (QED) is 0.223. The van der Waals surface area contributed by atoms with E-state index in [-0.39, 0.29) is 23.1 Å². The van der Waals surface area contributed by atoms with Crippen molar-refractivity contribution in [2.24, 2.45) is 0 Å². The van der Waals surface area contributed by atoms with Gasteiger partial charge in [-0.3, -0.25) is 13.9 Å². The number of amides is 2. The number of nitrogens with one attached hydrogen (secondary N) is 1. The zero-order valence-corrected chi connectivity index (χ0v) is 27.9. The molecule has 9 nitrogen and oxygen atoms in total. The number of halogens is 1. The van der Waals surface area contributed by atoms with Gasteiger partial charge in [0.25, 0.3) is 10.0 Å². The highest BCUT2D eigenvalue weighted by atomic mass is 79.9. The van der Waals surface area contributed by atoms with Gasteiger partial charge in [0.1, 0.15) is 12.6 Å². The molecule has 3 rings (SSSR count). The molecule has 11 heteroatoms. The van der Waals surface area contributed by atoms with Crippen molar-refractivity contribution in [3.8, 4) is 11.5 Å². The Morgan fingerprint density at radius 3 is 2.23 bits per heavy atom. The van der Waals surface area contributed by atoms with Gasteiger partial charge in [0, 0.05) is 23.6 Å². The number of rotatable bonds is 14. The van der Waals surface area contributed by atoms with Gasteiger partial charge in [-0.25, -0.2) is 8.42 Å². The van der Waals surface area contributed by atoms with Gasteiger partial charge in [0.15, 0.2) is 11.5 Å². The molecule has 232 valence electrons. The number of unbranched alkanes of at least 4 members (excludes halogenated alkanes) is 1. The number of aryl methyl sites for hydroxylation is 2. The summed E-state index contributed by atoms with van der Waals surface area (Å²) in [7, 11) is -1.39. The van der Waals surface area contributed by atoms with Gasteiger partial charge in [-0.2, -0.15) is 0 Å². The molecule has 1 N–H and O–H groups in total. The van der Waals surface area contributed by atoms with E-state index >= 15 is 0 Å². The molecular formula is C32H40BrN3O6S. The first-order chi connectivity index (χ1) is 20.4. The van der Waals surface area contributed by atoms with Crippen LogP contribution in [-0.2, 0) is 26.2 Å². The highest BCUT2D eigenvalue weighted by Crippen LogP contribution is 2.33. The number of ether oxygens (including phenoxy) is 2. The average molecular weight is 675 g/mol. The Hall–Kier alpha value is -3.57. The second kappa shape index (κ2) is 15.2. The number of carbonyl (C=O) groups is 2. The van der Waals surface area contributed by atoms with Crippen LogP contribution in [0.3, 0.4) is 0 Å². The molecule has 2 amide bonds. The first-order valence-corrected chi connectivity index (χ1v) is 16.3. The third-order valence-corrected chi connectivity index (χ3v) is 9.22. The van der Waals surface area contributed by atoms with Crippen molar-refractivity contribution in [3.63, 3.8) is 0 Å². The lowest BCUT2D eigenvalue weighted by Crippen LogP contribution is -2.51. The Labute approximate surface area is 263 Å². The second-order valence-electron chi connectivity index (χ2n) is 10.3. The maximum Gasteiger partial charge on any atom is 0.264 e.